The van der Waals surface area contributed by atoms with E-state index >= 15 is 0 Å². The molecule has 0 aliphatic carbocycles. The van der Waals surface area contributed by atoms with Gasteiger partial charge in [0.05, 0.1) is 18.5 Å². The molecule has 2 rings (SSSR count). The summed E-state index contributed by atoms with van der Waals surface area (Å²) in [6, 6.07) is 8.05. The van der Waals surface area contributed by atoms with Gasteiger partial charge in [0.15, 0.2) is 0 Å². The molecule has 1 aromatic heterocycles. The Morgan fingerprint density at radius 2 is 1.79 bits per heavy atom. The molecule has 0 spiro atoms. The average molecular weight is 282 g/mol. The Morgan fingerprint density at radius 3 is 2.42 bits per heavy atom. The molecule has 0 fully saturated rings. The molecule has 5 nitrogen and oxygen atoms in total. The average Bonchev–Trinajstić information content (AvgIpc) is 2.38. The van der Waals surface area contributed by atoms with E-state index in [2.05, 4.69) is 0 Å². The van der Waals surface area contributed by atoms with Crippen molar-refractivity contribution in [1.29, 1.82) is 0 Å². The first-order valence-electron chi connectivity index (χ1n) is 6.03. The summed E-state index contributed by atoms with van der Waals surface area (Å²) in [7, 11) is -3.50. The number of rotatable bonds is 5. The molecule has 0 N–H and O–H groups in total. The quantitative estimate of drug-likeness (QED) is 0.623. The zero-order valence-corrected chi connectivity index (χ0v) is 11.7. The SMILES string of the molecule is CCOP(=O)(OCC)c1cc(=O)oc2ccccc12. The number of para-hydroxylation sites is 1. The minimum absolute atomic E-state index is 0.228. The van der Waals surface area contributed by atoms with E-state index < -0.39 is 13.2 Å². The Hall–Kier alpha value is -1.42. The van der Waals surface area contributed by atoms with E-state index in [1.54, 1.807) is 38.1 Å². The van der Waals surface area contributed by atoms with E-state index in [1.165, 1.54) is 6.07 Å². The third-order valence-electron chi connectivity index (χ3n) is 2.52. The summed E-state index contributed by atoms with van der Waals surface area (Å²) >= 11 is 0. The van der Waals surface area contributed by atoms with Crippen LogP contribution in [0.4, 0.5) is 0 Å². The predicted molar refractivity (Wildman–Crippen MR) is 73.0 cm³/mol. The summed E-state index contributed by atoms with van der Waals surface area (Å²) in [6.07, 6.45) is 0. The van der Waals surface area contributed by atoms with Gasteiger partial charge in [-0.05, 0) is 19.9 Å². The third-order valence-corrected chi connectivity index (χ3v) is 4.68. The fourth-order valence-electron chi connectivity index (χ4n) is 1.84. The Bertz CT molecular complexity index is 666. The summed E-state index contributed by atoms with van der Waals surface area (Å²) in [5, 5.41) is 0.815. The van der Waals surface area contributed by atoms with Gasteiger partial charge < -0.3 is 13.5 Å². The predicted octanol–water partition coefficient (Wildman–Crippen LogP) is 2.68. The van der Waals surface area contributed by atoms with Crippen LogP contribution in [0, 0.1) is 0 Å². The minimum atomic E-state index is -3.50. The van der Waals surface area contributed by atoms with Gasteiger partial charge in [0.1, 0.15) is 5.58 Å². The van der Waals surface area contributed by atoms with Gasteiger partial charge in [-0.25, -0.2) is 4.79 Å². The van der Waals surface area contributed by atoms with E-state index in [9.17, 15) is 9.36 Å². The standard InChI is InChI=1S/C13H15O5P/c1-3-16-19(15,17-4-2)12-9-13(14)18-11-8-6-5-7-10(11)12/h5-9H,3-4H2,1-2H3. The second-order valence-electron chi connectivity index (χ2n) is 3.78. The van der Waals surface area contributed by atoms with Crippen LogP contribution < -0.4 is 10.9 Å². The molecule has 1 aromatic carbocycles. The fourth-order valence-corrected chi connectivity index (χ4v) is 3.61. The Balaban J connectivity index is 2.72. The van der Waals surface area contributed by atoms with E-state index in [-0.39, 0.29) is 18.5 Å². The first-order chi connectivity index (χ1) is 9.10. The second-order valence-corrected chi connectivity index (χ2v) is 5.77. The van der Waals surface area contributed by atoms with Gasteiger partial charge >= 0.3 is 13.2 Å². The maximum absolute atomic E-state index is 12.8. The van der Waals surface area contributed by atoms with Crippen molar-refractivity contribution in [3.8, 4) is 0 Å². The van der Waals surface area contributed by atoms with Gasteiger partial charge in [-0.1, -0.05) is 18.2 Å². The van der Waals surface area contributed by atoms with Crippen LogP contribution in [0.3, 0.4) is 0 Å². The van der Waals surface area contributed by atoms with Crippen molar-refractivity contribution in [2.75, 3.05) is 13.2 Å². The normalized spacial score (nSPS) is 11.9. The second kappa shape index (κ2) is 5.70. The molecular weight excluding hydrogens is 267 g/mol. The van der Waals surface area contributed by atoms with Crippen molar-refractivity contribution in [2.24, 2.45) is 0 Å². The van der Waals surface area contributed by atoms with Crippen LogP contribution in [0.25, 0.3) is 11.0 Å². The highest BCUT2D eigenvalue weighted by Gasteiger charge is 2.30. The zero-order valence-electron chi connectivity index (χ0n) is 10.8. The highest BCUT2D eigenvalue weighted by molar-refractivity contribution is 7.62. The van der Waals surface area contributed by atoms with Crippen molar-refractivity contribution in [3.63, 3.8) is 0 Å². The molecule has 2 aromatic rings. The lowest BCUT2D eigenvalue weighted by Gasteiger charge is -2.17. The molecule has 0 unspecified atom stereocenters. The van der Waals surface area contributed by atoms with Crippen LogP contribution in [-0.2, 0) is 13.6 Å². The lowest BCUT2D eigenvalue weighted by Crippen LogP contribution is -2.16. The first-order valence-corrected chi connectivity index (χ1v) is 7.57. The molecule has 102 valence electrons. The summed E-state index contributed by atoms with van der Waals surface area (Å²) in [5.41, 5.74) is -0.210. The highest BCUT2D eigenvalue weighted by Crippen LogP contribution is 2.48. The molecule has 0 amide bonds. The fraction of sp³-hybridized carbons (Fsp3) is 0.308. The highest BCUT2D eigenvalue weighted by atomic mass is 31.2. The van der Waals surface area contributed by atoms with Gasteiger partial charge in [0.2, 0.25) is 0 Å². The van der Waals surface area contributed by atoms with Gasteiger partial charge in [-0.2, -0.15) is 0 Å². The molecular formula is C13H15O5P. The maximum atomic E-state index is 12.8. The number of fused-ring (bicyclic) bond motifs is 1. The van der Waals surface area contributed by atoms with Crippen molar-refractivity contribution >= 4 is 23.9 Å². The molecule has 0 bridgehead atoms. The molecule has 19 heavy (non-hydrogen) atoms. The Kier molecular flexibility index (Phi) is 4.20. The Morgan fingerprint density at radius 1 is 1.16 bits per heavy atom. The summed E-state index contributed by atoms with van der Waals surface area (Å²) < 4.78 is 28.4. The maximum Gasteiger partial charge on any atom is 0.362 e. The lowest BCUT2D eigenvalue weighted by atomic mass is 10.2. The molecule has 0 saturated carbocycles. The molecule has 0 saturated heterocycles. The van der Waals surface area contributed by atoms with Crippen LogP contribution >= 0.6 is 7.60 Å². The van der Waals surface area contributed by atoms with Crippen molar-refractivity contribution in [1.82, 2.24) is 0 Å². The largest absolute Gasteiger partial charge is 0.423 e. The molecule has 0 radical (unpaired) electrons. The van der Waals surface area contributed by atoms with E-state index in [0.29, 0.717) is 11.0 Å². The first kappa shape index (κ1) is 14.0. The van der Waals surface area contributed by atoms with E-state index in [4.69, 9.17) is 13.5 Å². The van der Waals surface area contributed by atoms with Gasteiger partial charge in [0, 0.05) is 11.5 Å². The molecule has 1 heterocycles. The summed E-state index contributed by atoms with van der Waals surface area (Å²) in [5.74, 6) is 0. The smallest absolute Gasteiger partial charge is 0.362 e. The number of hydrogen-bond acceptors (Lipinski definition) is 5. The van der Waals surface area contributed by atoms with Crippen molar-refractivity contribution in [3.05, 3.63) is 40.8 Å². The monoisotopic (exact) mass is 282 g/mol. The van der Waals surface area contributed by atoms with Crippen LogP contribution in [0.15, 0.2) is 39.5 Å². The van der Waals surface area contributed by atoms with Crippen LogP contribution in [0.1, 0.15) is 13.8 Å². The van der Waals surface area contributed by atoms with Crippen LogP contribution in [0.5, 0.6) is 0 Å². The van der Waals surface area contributed by atoms with Gasteiger partial charge in [-0.3, -0.25) is 4.57 Å². The molecule has 6 heteroatoms. The minimum Gasteiger partial charge on any atom is -0.423 e. The Labute approximate surface area is 110 Å². The molecule has 0 aliphatic rings. The lowest BCUT2D eigenvalue weighted by molar-refractivity contribution is 0.230. The van der Waals surface area contributed by atoms with Crippen molar-refractivity contribution in [2.45, 2.75) is 13.8 Å². The van der Waals surface area contributed by atoms with Crippen LogP contribution in [0.2, 0.25) is 0 Å². The van der Waals surface area contributed by atoms with Gasteiger partial charge in [-0.15, -0.1) is 0 Å². The number of benzene rings is 1. The zero-order chi connectivity index (χ0) is 13.9. The van der Waals surface area contributed by atoms with Crippen molar-refractivity contribution < 1.29 is 18.0 Å². The van der Waals surface area contributed by atoms with E-state index in [0.717, 1.165) is 0 Å². The van der Waals surface area contributed by atoms with E-state index in [1.807, 2.05) is 0 Å². The van der Waals surface area contributed by atoms with Crippen LogP contribution in [-0.4, -0.2) is 13.2 Å². The number of hydrogen-bond donors (Lipinski definition) is 0. The third kappa shape index (κ3) is 2.78. The summed E-state index contributed by atoms with van der Waals surface area (Å²) in [6.45, 7) is 3.90. The van der Waals surface area contributed by atoms with Gasteiger partial charge in [0.25, 0.3) is 0 Å². The molecule has 0 aliphatic heterocycles. The summed E-state index contributed by atoms with van der Waals surface area (Å²) in [4.78, 5) is 11.6. The molecule has 0 atom stereocenters. The topological polar surface area (TPSA) is 65.7 Å².